The maximum Gasteiger partial charge on any atom is 0.254 e. The summed E-state index contributed by atoms with van der Waals surface area (Å²) >= 11 is 12.1. The summed E-state index contributed by atoms with van der Waals surface area (Å²) in [6, 6.07) is 14.5. The topological polar surface area (TPSA) is 67.2 Å². The molecule has 0 saturated heterocycles. The zero-order valence-corrected chi connectivity index (χ0v) is 21.7. The van der Waals surface area contributed by atoms with Gasteiger partial charge in [-0.1, -0.05) is 68.6 Å². The molecule has 1 N–H and O–H groups in total. The van der Waals surface area contributed by atoms with Crippen molar-refractivity contribution in [2.75, 3.05) is 18.4 Å². The molecule has 0 saturated carbocycles. The average Bonchev–Trinajstić information content (AvgIpc) is 3.19. The summed E-state index contributed by atoms with van der Waals surface area (Å²) in [4.78, 5) is 27.6. The van der Waals surface area contributed by atoms with Gasteiger partial charge >= 0.3 is 0 Å². The molecule has 34 heavy (non-hydrogen) atoms. The van der Waals surface area contributed by atoms with Crippen LogP contribution in [0, 0.1) is 6.92 Å². The van der Waals surface area contributed by atoms with E-state index in [-0.39, 0.29) is 23.8 Å². The molecule has 6 nitrogen and oxygen atoms in total. The Morgan fingerprint density at radius 3 is 2.29 bits per heavy atom. The highest BCUT2D eigenvalue weighted by atomic mass is 35.5. The summed E-state index contributed by atoms with van der Waals surface area (Å²) in [7, 11) is 0. The van der Waals surface area contributed by atoms with Gasteiger partial charge in [0.05, 0.1) is 21.4 Å². The van der Waals surface area contributed by atoms with Gasteiger partial charge in [0.15, 0.2) is 0 Å². The first-order chi connectivity index (χ1) is 16.0. The lowest BCUT2D eigenvalue weighted by molar-refractivity contribution is -0.116. The lowest BCUT2D eigenvalue weighted by atomic mass is 9.92. The van der Waals surface area contributed by atoms with Crippen LogP contribution in [-0.4, -0.2) is 39.6 Å². The van der Waals surface area contributed by atoms with E-state index in [9.17, 15) is 9.59 Å². The number of nitrogens with zero attached hydrogens (tertiary/aromatic N) is 3. The standard InChI is InChI=1S/C26H30Cl2N4O2/c1-6-13-31(25(34)18-9-12-20(27)21(28)14-18)16-24(33)29-23-15-22(26(3,4)5)30-32(23)19-10-7-17(2)8-11-19/h7-12,14-15H,6,13,16H2,1-5H3,(H,29,33). The molecule has 0 atom stereocenters. The molecule has 3 aromatic rings. The predicted molar refractivity (Wildman–Crippen MR) is 138 cm³/mol. The number of halogens is 2. The van der Waals surface area contributed by atoms with E-state index >= 15 is 0 Å². The molecule has 0 bridgehead atoms. The van der Waals surface area contributed by atoms with Gasteiger partial charge in [0.2, 0.25) is 5.91 Å². The molecular formula is C26H30Cl2N4O2. The summed E-state index contributed by atoms with van der Waals surface area (Å²) < 4.78 is 1.73. The summed E-state index contributed by atoms with van der Waals surface area (Å²) in [5.74, 6) is -0.0363. The summed E-state index contributed by atoms with van der Waals surface area (Å²) in [5, 5.41) is 8.37. The van der Waals surface area contributed by atoms with Gasteiger partial charge < -0.3 is 10.2 Å². The molecule has 1 aromatic heterocycles. The van der Waals surface area contributed by atoms with E-state index in [1.54, 1.807) is 16.8 Å². The number of nitrogens with one attached hydrogen (secondary N) is 1. The van der Waals surface area contributed by atoms with Crippen molar-refractivity contribution in [3.63, 3.8) is 0 Å². The third-order valence-electron chi connectivity index (χ3n) is 5.31. The molecule has 3 rings (SSSR count). The number of aromatic nitrogens is 2. The number of carbonyl (C=O) groups is 2. The molecule has 2 amide bonds. The maximum atomic E-state index is 13.1. The van der Waals surface area contributed by atoms with Gasteiger partial charge in [-0.05, 0) is 43.7 Å². The van der Waals surface area contributed by atoms with E-state index in [1.807, 2.05) is 44.2 Å². The minimum atomic E-state index is -0.310. The smallest absolute Gasteiger partial charge is 0.254 e. The monoisotopic (exact) mass is 500 g/mol. The zero-order chi connectivity index (χ0) is 25.0. The zero-order valence-electron chi connectivity index (χ0n) is 20.2. The van der Waals surface area contributed by atoms with Gasteiger partial charge in [0.25, 0.3) is 5.91 Å². The molecule has 180 valence electrons. The lowest BCUT2D eigenvalue weighted by Crippen LogP contribution is -2.38. The van der Waals surface area contributed by atoms with Crippen molar-refractivity contribution in [1.29, 1.82) is 0 Å². The Morgan fingerprint density at radius 2 is 1.71 bits per heavy atom. The number of hydrogen-bond donors (Lipinski definition) is 1. The van der Waals surface area contributed by atoms with Crippen molar-refractivity contribution in [3.05, 3.63) is 75.4 Å². The molecular weight excluding hydrogens is 471 g/mol. The maximum absolute atomic E-state index is 13.1. The van der Waals surface area contributed by atoms with Crippen LogP contribution in [0.5, 0.6) is 0 Å². The molecule has 0 fully saturated rings. The Labute approximate surface area is 210 Å². The molecule has 8 heteroatoms. The first-order valence-corrected chi connectivity index (χ1v) is 12.0. The minimum absolute atomic E-state index is 0.100. The molecule has 0 aliphatic rings. The van der Waals surface area contributed by atoms with Crippen LogP contribution in [0.3, 0.4) is 0 Å². The van der Waals surface area contributed by atoms with Gasteiger partial charge in [-0.15, -0.1) is 0 Å². The van der Waals surface area contributed by atoms with Crippen molar-refractivity contribution in [2.45, 2.75) is 46.5 Å². The third kappa shape index (κ3) is 6.19. The summed E-state index contributed by atoms with van der Waals surface area (Å²) in [5.41, 5.74) is 3.01. The molecule has 0 aliphatic heterocycles. The van der Waals surface area contributed by atoms with E-state index in [4.69, 9.17) is 28.3 Å². The molecule has 0 spiro atoms. The summed E-state index contributed by atoms with van der Waals surface area (Å²) in [6.45, 7) is 10.5. The number of anilines is 1. The number of carbonyl (C=O) groups excluding carboxylic acids is 2. The van der Waals surface area contributed by atoms with Crippen LogP contribution in [0.4, 0.5) is 5.82 Å². The fraction of sp³-hybridized carbons (Fsp3) is 0.346. The Balaban J connectivity index is 1.85. The average molecular weight is 501 g/mol. The Hall–Kier alpha value is -2.83. The van der Waals surface area contributed by atoms with Crippen LogP contribution < -0.4 is 5.32 Å². The molecule has 2 aromatic carbocycles. The van der Waals surface area contributed by atoms with Gasteiger partial charge in [-0.25, -0.2) is 4.68 Å². The first-order valence-electron chi connectivity index (χ1n) is 11.2. The predicted octanol–water partition coefficient (Wildman–Crippen LogP) is 6.28. The first kappa shape index (κ1) is 25.8. The van der Waals surface area contributed by atoms with E-state index in [0.29, 0.717) is 34.4 Å². The molecule has 0 unspecified atom stereocenters. The third-order valence-corrected chi connectivity index (χ3v) is 6.04. The largest absolute Gasteiger partial charge is 0.329 e. The number of rotatable bonds is 7. The molecule has 0 aliphatic carbocycles. The second-order valence-electron chi connectivity index (χ2n) is 9.32. The number of aryl methyl sites for hydroxylation is 1. The second kappa shape index (κ2) is 10.6. The van der Waals surface area contributed by atoms with Gasteiger partial charge in [-0.2, -0.15) is 5.10 Å². The number of hydrogen-bond acceptors (Lipinski definition) is 3. The summed E-state index contributed by atoms with van der Waals surface area (Å²) in [6.07, 6.45) is 0.704. The highest BCUT2D eigenvalue weighted by Crippen LogP contribution is 2.27. The normalized spacial score (nSPS) is 11.4. The van der Waals surface area contributed by atoms with Crippen LogP contribution >= 0.6 is 23.2 Å². The fourth-order valence-corrected chi connectivity index (χ4v) is 3.71. The molecule has 1 heterocycles. The number of benzene rings is 2. The Bertz CT molecular complexity index is 1180. The Kier molecular flexibility index (Phi) is 8.05. The highest BCUT2D eigenvalue weighted by molar-refractivity contribution is 6.42. The van der Waals surface area contributed by atoms with E-state index < -0.39 is 0 Å². The van der Waals surface area contributed by atoms with E-state index in [1.165, 1.54) is 11.0 Å². The second-order valence-corrected chi connectivity index (χ2v) is 10.1. The van der Waals surface area contributed by atoms with Crippen LogP contribution in [-0.2, 0) is 10.2 Å². The SMILES string of the molecule is CCCN(CC(=O)Nc1cc(C(C)(C)C)nn1-c1ccc(C)cc1)C(=O)c1ccc(Cl)c(Cl)c1. The van der Waals surface area contributed by atoms with Crippen molar-refractivity contribution in [2.24, 2.45) is 0 Å². The fourth-order valence-electron chi connectivity index (χ4n) is 3.41. The van der Waals surface area contributed by atoms with E-state index in [0.717, 1.165) is 16.9 Å². The van der Waals surface area contributed by atoms with Crippen LogP contribution in [0.15, 0.2) is 48.5 Å². The quantitative estimate of drug-likeness (QED) is 0.415. The van der Waals surface area contributed by atoms with Gasteiger partial charge in [0.1, 0.15) is 12.4 Å². The van der Waals surface area contributed by atoms with Crippen LogP contribution in [0.1, 0.15) is 55.7 Å². The van der Waals surface area contributed by atoms with E-state index in [2.05, 4.69) is 26.1 Å². The van der Waals surface area contributed by atoms with Crippen molar-refractivity contribution < 1.29 is 9.59 Å². The number of amides is 2. The Morgan fingerprint density at radius 1 is 1.03 bits per heavy atom. The lowest BCUT2D eigenvalue weighted by Gasteiger charge is -2.22. The van der Waals surface area contributed by atoms with Crippen LogP contribution in [0.25, 0.3) is 5.69 Å². The highest BCUT2D eigenvalue weighted by Gasteiger charge is 2.23. The van der Waals surface area contributed by atoms with Crippen molar-refractivity contribution in [3.8, 4) is 5.69 Å². The minimum Gasteiger partial charge on any atom is -0.329 e. The van der Waals surface area contributed by atoms with Crippen molar-refractivity contribution in [1.82, 2.24) is 14.7 Å². The van der Waals surface area contributed by atoms with Crippen LogP contribution in [0.2, 0.25) is 10.0 Å². The van der Waals surface area contributed by atoms with Gasteiger partial charge in [-0.3, -0.25) is 9.59 Å². The van der Waals surface area contributed by atoms with Gasteiger partial charge in [0, 0.05) is 23.6 Å². The molecule has 0 radical (unpaired) electrons. The van der Waals surface area contributed by atoms with Crippen molar-refractivity contribution >= 4 is 40.8 Å².